The smallest absolute Gasteiger partial charge is 0.241 e. The molecule has 1 atom stereocenters. The SMILES string of the molecule is Cc1cccc(NC(=O)C(N)CCc2ccccc2)c1. The van der Waals surface area contributed by atoms with Crippen molar-refractivity contribution in [2.24, 2.45) is 5.73 Å². The zero-order chi connectivity index (χ0) is 14.4. The molecular weight excluding hydrogens is 248 g/mol. The standard InChI is InChI=1S/C17H20N2O/c1-13-6-5-9-15(12-13)19-17(20)16(18)11-10-14-7-3-2-4-8-14/h2-9,12,16H,10-11,18H2,1H3,(H,19,20). The fourth-order valence-electron chi connectivity index (χ4n) is 2.06. The van der Waals surface area contributed by atoms with Crippen molar-refractivity contribution in [1.82, 2.24) is 0 Å². The van der Waals surface area contributed by atoms with Gasteiger partial charge in [0.1, 0.15) is 0 Å². The number of hydrogen-bond acceptors (Lipinski definition) is 2. The maximum Gasteiger partial charge on any atom is 0.241 e. The van der Waals surface area contributed by atoms with Gasteiger partial charge in [-0.1, -0.05) is 42.5 Å². The molecule has 2 rings (SSSR count). The average molecular weight is 268 g/mol. The van der Waals surface area contributed by atoms with Crippen LogP contribution in [0.5, 0.6) is 0 Å². The van der Waals surface area contributed by atoms with Crippen LogP contribution in [0, 0.1) is 6.92 Å². The maximum atomic E-state index is 12.0. The Kier molecular flexibility index (Phi) is 4.91. The molecule has 0 spiro atoms. The summed E-state index contributed by atoms with van der Waals surface area (Å²) in [7, 11) is 0. The highest BCUT2D eigenvalue weighted by molar-refractivity contribution is 5.94. The number of amides is 1. The van der Waals surface area contributed by atoms with E-state index in [-0.39, 0.29) is 5.91 Å². The van der Waals surface area contributed by atoms with Crippen molar-refractivity contribution in [1.29, 1.82) is 0 Å². The first-order valence-corrected chi connectivity index (χ1v) is 6.82. The molecule has 0 radical (unpaired) electrons. The summed E-state index contributed by atoms with van der Waals surface area (Å²) in [5.41, 5.74) is 9.05. The Morgan fingerprint density at radius 1 is 1.15 bits per heavy atom. The van der Waals surface area contributed by atoms with E-state index in [1.54, 1.807) is 0 Å². The van der Waals surface area contributed by atoms with Gasteiger partial charge in [-0.25, -0.2) is 0 Å². The van der Waals surface area contributed by atoms with E-state index in [1.165, 1.54) is 5.56 Å². The third-order valence-corrected chi connectivity index (χ3v) is 3.21. The Hall–Kier alpha value is -2.13. The molecule has 0 aliphatic carbocycles. The number of nitrogens with two attached hydrogens (primary N) is 1. The lowest BCUT2D eigenvalue weighted by molar-refractivity contribution is -0.117. The largest absolute Gasteiger partial charge is 0.325 e. The summed E-state index contributed by atoms with van der Waals surface area (Å²) in [6.45, 7) is 1.99. The number of carbonyl (C=O) groups is 1. The minimum Gasteiger partial charge on any atom is -0.325 e. The van der Waals surface area contributed by atoms with Crippen LogP contribution in [0.25, 0.3) is 0 Å². The molecule has 0 fully saturated rings. The van der Waals surface area contributed by atoms with Crippen LogP contribution >= 0.6 is 0 Å². The second kappa shape index (κ2) is 6.87. The lowest BCUT2D eigenvalue weighted by atomic mass is 10.1. The van der Waals surface area contributed by atoms with Gasteiger partial charge in [0.25, 0.3) is 0 Å². The second-order valence-corrected chi connectivity index (χ2v) is 4.99. The molecule has 3 N–H and O–H groups in total. The van der Waals surface area contributed by atoms with E-state index in [4.69, 9.17) is 5.73 Å². The molecule has 0 saturated heterocycles. The molecule has 0 aromatic heterocycles. The van der Waals surface area contributed by atoms with Crippen molar-refractivity contribution < 1.29 is 4.79 Å². The van der Waals surface area contributed by atoms with Gasteiger partial charge >= 0.3 is 0 Å². The molecule has 3 nitrogen and oxygen atoms in total. The third-order valence-electron chi connectivity index (χ3n) is 3.21. The van der Waals surface area contributed by atoms with Crippen LogP contribution in [-0.2, 0) is 11.2 Å². The summed E-state index contributed by atoms with van der Waals surface area (Å²) in [5.74, 6) is -0.133. The number of anilines is 1. The Bertz CT molecular complexity index is 566. The molecule has 0 bridgehead atoms. The van der Waals surface area contributed by atoms with Crippen LogP contribution < -0.4 is 11.1 Å². The molecular formula is C17H20N2O. The van der Waals surface area contributed by atoms with Crippen molar-refractivity contribution in [2.45, 2.75) is 25.8 Å². The highest BCUT2D eigenvalue weighted by atomic mass is 16.2. The van der Waals surface area contributed by atoms with E-state index in [0.29, 0.717) is 6.42 Å². The van der Waals surface area contributed by atoms with Crippen LogP contribution in [0.2, 0.25) is 0 Å². The monoisotopic (exact) mass is 268 g/mol. The van der Waals surface area contributed by atoms with Crippen molar-refractivity contribution in [2.75, 3.05) is 5.32 Å². The Labute approximate surface area is 119 Å². The summed E-state index contributed by atoms with van der Waals surface area (Å²) in [5, 5.41) is 2.85. The van der Waals surface area contributed by atoms with Gasteiger partial charge in [-0.2, -0.15) is 0 Å². The fraction of sp³-hybridized carbons (Fsp3) is 0.235. The first-order chi connectivity index (χ1) is 9.65. The second-order valence-electron chi connectivity index (χ2n) is 4.99. The molecule has 0 aliphatic heterocycles. The molecule has 0 saturated carbocycles. The van der Waals surface area contributed by atoms with Gasteiger partial charge in [0.15, 0.2) is 0 Å². The highest BCUT2D eigenvalue weighted by Crippen LogP contribution is 2.11. The predicted molar refractivity (Wildman–Crippen MR) is 82.5 cm³/mol. The van der Waals surface area contributed by atoms with E-state index >= 15 is 0 Å². The molecule has 104 valence electrons. The minimum atomic E-state index is -0.490. The molecule has 20 heavy (non-hydrogen) atoms. The first-order valence-electron chi connectivity index (χ1n) is 6.82. The minimum absolute atomic E-state index is 0.133. The van der Waals surface area contributed by atoms with E-state index in [0.717, 1.165) is 17.7 Å². The van der Waals surface area contributed by atoms with E-state index in [9.17, 15) is 4.79 Å². The number of nitrogens with one attached hydrogen (secondary N) is 1. The molecule has 2 aromatic rings. The molecule has 1 unspecified atom stereocenters. The summed E-state index contributed by atoms with van der Waals surface area (Å²) in [6, 6.07) is 17.3. The Morgan fingerprint density at radius 3 is 2.60 bits per heavy atom. The van der Waals surface area contributed by atoms with E-state index in [1.807, 2.05) is 61.5 Å². The maximum absolute atomic E-state index is 12.0. The Balaban J connectivity index is 1.86. The third kappa shape index (κ3) is 4.21. The molecule has 0 aliphatic rings. The summed E-state index contributed by atoms with van der Waals surface area (Å²) < 4.78 is 0. The van der Waals surface area contributed by atoms with Gasteiger partial charge < -0.3 is 11.1 Å². The number of carbonyl (C=O) groups excluding carboxylic acids is 1. The van der Waals surface area contributed by atoms with Gasteiger partial charge in [-0.15, -0.1) is 0 Å². The Morgan fingerprint density at radius 2 is 1.90 bits per heavy atom. The molecule has 0 heterocycles. The van der Waals surface area contributed by atoms with Gasteiger partial charge in [-0.05, 0) is 43.0 Å². The van der Waals surface area contributed by atoms with Gasteiger partial charge in [0, 0.05) is 5.69 Å². The molecule has 3 heteroatoms. The summed E-state index contributed by atoms with van der Waals surface area (Å²) in [4.78, 5) is 12.0. The van der Waals surface area contributed by atoms with Crippen molar-refractivity contribution in [3.8, 4) is 0 Å². The zero-order valence-electron chi connectivity index (χ0n) is 11.7. The fourth-order valence-corrected chi connectivity index (χ4v) is 2.06. The number of benzene rings is 2. The summed E-state index contributed by atoms with van der Waals surface area (Å²) >= 11 is 0. The predicted octanol–water partition coefficient (Wildman–Crippen LogP) is 2.89. The average Bonchev–Trinajstić information content (AvgIpc) is 2.46. The normalized spacial score (nSPS) is 11.9. The number of rotatable bonds is 5. The van der Waals surface area contributed by atoms with Crippen LogP contribution in [-0.4, -0.2) is 11.9 Å². The highest BCUT2D eigenvalue weighted by Gasteiger charge is 2.13. The van der Waals surface area contributed by atoms with Crippen LogP contribution in [0.4, 0.5) is 5.69 Å². The van der Waals surface area contributed by atoms with Gasteiger partial charge in [-0.3, -0.25) is 4.79 Å². The van der Waals surface area contributed by atoms with Crippen LogP contribution in [0.15, 0.2) is 54.6 Å². The van der Waals surface area contributed by atoms with E-state index < -0.39 is 6.04 Å². The zero-order valence-corrected chi connectivity index (χ0v) is 11.7. The van der Waals surface area contributed by atoms with Crippen molar-refractivity contribution >= 4 is 11.6 Å². The quantitative estimate of drug-likeness (QED) is 0.876. The van der Waals surface area contributed by atoms with Crippen LogP contribution in [0.1, 0.15) is 17.5 Å². The molecule has 1 amide bonds. The van der Waals surface area contributed by atoms with Crippen molar-refractivity contribution in [3.05, 3.63) is 65.7 Å². The van der Waals surface area contributed by atoms with Crippen LogP contribution in [0.3, 0.4) is 0 Å². The number of aryl methyl sites for hydroxylation is 2. The van der Waals surface area contributed by atoms with Gasteiger partial charge in [0.05, 0.1) is 6.04 Å². The topological polar surface area (TPSA) is 55.1 Å². The van der Waals surface area contributed by atoms with E-state index in [2.05, 4.69) is 5.32 Å². The summed E-state index contributed by atoms with van der Waals surface area (Å²) in [6.07, 6.45) is 1.45. The lowest BCUT2D eigenvalue weighted by Gasteiger charge is -2.12. The van der Waals surface area contributed by atoms with Crippen molar-refractivity contribution in [3.63, 3.8) is 0 Å². The number of hydrogen-bond donors (Lipinski definition) is 2. The van der Waals surface area contributed by atoms with Gasteiger partial charge in [0.2, 0.25) is 5.91 Å². The lowest BCUT2D eigenvalue weighted by Crippen LogP contribution is -2.36. The first kappa shape index (κ1) is 14.3. The molecule has 2 aromatic carbocycles.